The van der Waals surface area contributed by atoms with Crippen LogP contribution >= 0.6 is 0 Å². The van der Waals surface area contributed by atoms with Crippen LogP contribution in [-0.2, 0) is 21.0 Å². The van der Waals surface area contributed by atoms with Crippen LogP contribution in [0.2, 0.25) is 0 Å². The first-order valence-corrected chi connectivity index (χ1v) is 8.90. The highest BCUT2D eigenvalue weighted by atomic mass is 32.3. The van der Waals surface area contributed by atoms with Crippen molar-refractivity contribution in [3.63, 3.8) is 0 Å². The van der Waals surface area contributed by atoms with Crippen molar-refractivity contribution in [3.8, 4) is 0 Å². The summed E-state index contributed by atoms with van der Waals surface area (Å²) in [5.41, 5.74) is 1.18. The molecule has 2 aromatic rings. The highest BCUT2D eigenvalue weighted by Crippen LogP contribution is 2.36. The number of rotatable bonds is 2. The number of hydrogen-bond donors (Lipinski definition) is 1. The monoisotopic (exact) mass is 328 g/mol. The highest BCUT2D eigenvalue weighted by Gasteiger charge is 2.54. The minimum absolute atomic E-state index is 0.122. The van der Waals surface area contributed by atoms with Crippen molar-refractivity contribution >= 4 is 16.3 Å². The van der Waals surface area contributed by atoms with Gasteiger partial charge in [0.2, 0.25) is 0 Å². The van der Waals surface area contributed by atoms with Gasteiger partial charge in [-0.3, -0.25) is 4.79 Å². The first-order valence-electron chi connectivity index (χ1n) is 7.46. The Morgan fingerprint density at radius 2 is 1.70 bits per heavy atom. The number of nitrogens with zero attached hydrogens (tertiary/aromatic N) is 1. The van der Waals surface area contributed by atoms with Crippen molar-refractivity contribution in [3.05, 3.63) is 65.7 Å². The third-order valence-corrected chi connectivity index (χ3v) is 6.31. The van der Waals surface area contributed by atoms with Crippen molar-refractivity contribution in [1.29, 1.82) is 0 Å². The van der Waals surface area contributed by atoms with Gasteiger partial charge < -0.3 is 9.87 Å². The van der Waals surface area contributed by atoms with Gasteiger partial charge in [0.15, 0.2) is 15.3 Å². The molecular formula is C17H16N2O3S. The van der Waals surface area contributed by atoms with E-state index >= 15 is 0 Å². The predicted molar refractivity (Wildman–Crippen MR) is 85.5 cm³/mol. The normalized spacial score (nSPS) is 21.9. The lowest BCUT2D eigenvalue weighted by Gasteiger charge is -2.51. The van der Waals surface area contributed by atoms with Crippen molar-refractivity contribution in [2.75, 3.05) is 13.1 Å². The van der Waals surface area contributed by atoms with Crippen molar-refractivity contribution in [2.24, 2.45) is 0 Å². The maximum absolute atomic E-state index is 12.6. The van der Waals surface area contributed by atoms with E-state index in [-0.39, 0.29) is 10.8 Å². The molecule has 1 amide bonds. The lowest BCUT2D eigenvalue weighted by atomic mass is 9.80. The predicted octanol–water partition coefficient (Wildman–Crippen LogP) is 1.63. The Labute approximate surface area is 135 Å². The molecule has 5 nitrogen and oxygen atoms in total. The molecule has 1 atom stereocenters. The molecule has 2 aliphatic rings. The second kappa shape index (κ2) is 4.99. The zero-order chi connectivity index (χ0) is 16.1. The molecule has 2 aliphatic heterocycles. The Morgan fingerprint density at radius 3 is 2.43 bits per heavy atom. The summed E-state index contributed by atoms with van der Waals surface area (Å²) in [6, 6.07) is 15.9. The minimum atomic E-state index is -3.49. The van der Waals surface area contributed by atoms with E-state index in [1.807, 2.05) is 18.2 Å². The van der Waals surface area contributed by atoms with Gasteiger partial charge in [-0.1, -0.05) is 40.6 Å². The number of sulfonamides is 1. The van der Waals surface area contributed by atoms with E-state index in [1.165, 1.54) is 4.31 Å². The van der Waals surface area contributed by atoms with E-state index in [1.54, 1.807) is 36.4 Å². The van der Waals surface area contributed by atoms with Crippen LogP contribution < -0.4 is 5.32 Å². The molecule has 0 bridgehead atoms. The summed E-state index contributed by atoms with van der Waals surface area (Å²) in [6.45, 7) is 0.620. The molecule has 23 heavy (non-hydrogen) atoms. The fraction of sp³-hybridized carbons (Fsp3) is 0.235. The average Bonchev–Trinajstić information content (AvgIpc) is 2.53. The molecule has 0 radical (unpaired) electrons. The number of fused-ring (bicyclic) bond motifs is 1. The SMILES string of the molecule is O=C1NC2(Cc3ccccc31)CN([S+](=O)([O-])c1ccccc1)C2. The maximum atomic E-state index is 12.6. The van der Waals surface area contributed by atoms with Gasteiger partial charge in [0.05, 0.1) is 18.6 Å². The topological polar surface area (TPSA) is 72.5 Å². The molecule has 1 fully saturated rings. The van der Waals surface area contributed by atoms with E-state index in [2.05, 4.69) is 5.32 Å². The molecule has 1 N–H and O–H groups in total. The van der Waals surface area contributed by atoms with Crippen molar-refractivity contribution in [1.82, 2.24) is 9.62 Å². The van der Waals surface area contributed by atoms with Gasteiger partial charge in [-0.05, 0) is 30.2 Å². The molecule has 1 unspecified atom stereocenters. The summed E-state index contributed by atoms with van der Waals surface area (Å²) in [4.78, 5) is 12.5. The van der Waals surface area contributed by atoms with E-state index in [0.717, 1.165) is 5.56 Å². The first-order chi connectivity index (χ1) is 11.0. The second-order valence-corrected chi connectivity index (χ2v) is 8.09. The summed E-state index contributed by atoms with van der Waals surface area (Å²) in [5.74, 6) is -0.122. The number of benzene rings is 2. The minimum Gasteiger partial charge on any atom is -0.593 e. The van der Waals surface area contributed by atoms with Gasteiger partial charge in [-0.15, -0.1) is 4.31 Å². The van der Waals surface area contributed by atoms with Crippen molar-refractivity contribution in [2.45, 2.75) is 16.9 Å². The molecular weight excluding hydrogens is 312 g/mol. The number of nitrogens with one attached hydrogen (secondary N) is 1. The van der Waals surface area contributed by atoms with E-state index in [0.29, 0.717) is 25.1 Å². The van der Waals surface area contributed by atoms with Gasteiger partial charge >= 0.3 is 0 Å². The molecule has 0 aromatic heterocycles. The summed E-state index contributed by atoms with van der Waals surface area (Å²) < 4.78 is 26.6. The molecule has 2 aromatic carbocycles. The Balaban J connectivity index is 1.56. The second-order valence-electron chi connectivity index (χ2n) is 6.15. The standard InChI is InChI=1S/C17H16N2O3S/c20-16-15-9-5-4-6-13(15)10-17(18-16)11-19(12-17)23(21,22)14-7-2-1-3-8-14/h1-9H,10-12H2,(H-,18,20,21,22). The van der Waals surface area contributed by atoms with Gasteiger partial charge in [0, 0.05) is 5.56 Å². The molecule has 0 aliphatic carbocycles. The van der Waals surface area contributed by atoms with Crippen LogP contribution in [0.5, 0.6) is 0 Å². The Morgan fingerprint density at radius 1 is 1.04 bits per heavy atom. The number of carbonyl (C=O) groups is 1. The Bertz CT molecular complexity index is 816. The van der Waals surface area contributed by atoms with Gasteiger partial charge in [0.25, 0.3) is 5.91 Å². The highest BCUT2D eigenvalue weighted by molar-refractivity contribution is 7.95. The summed E-state index contributed by atoms with van der Waals surface area (Å²) in [6.07, 6.45) is 0.662. The first kappa shape index (κ1) is 14.6. The molecule has 4 rings (SSSR count). The lowest BCUT2D eigenvalue weighted by Crippen LogP contribution is -2.74. The van der Waals surface area contributed by atoms with Crippen LogP contribution in [0.4, 0.5) is 0 Å². The largest absolute Gasteiger partial charge is 0.593 e. The maximum Gasteiger partial charge on any atom is 0.252 e. The summed E-state index contributed by atoms with van der Waals surface area (Å²) >= 11 is 0. The lowest BCUT2D eigenvalue weighted by molar-refractivity contribution is 0.0664. The molecule has 118 valence electrons. The van der Waals surface area contributed by atoms with Gasteiger partial charge in [-0.25, -0.2) is 0 Å². The van der Waals surface area contributed by atoms with Crippen molar-refractivity contribution < 1.29 is 13.6 Å². The van der Waals surface area contributed by atoms with E-state index in [9.17, 15) is 13.6 Å². The third kappa shape index (κ3) is 2.30. The number of carbonyl (C=O) groups excluding carboxylic acids is 1. The zero-order valence-corrected chi connectivity index (χ0v) is 13.2. The fourth-order valence-corrected chi connectivity index (χ4v) is 4.98. The average molecular weight is 328 g/mol. The zero-order valence-electron chi connectivity index (χ0n) is 12.4. The van der Waals surface area contributed by atoms with Crippen LogP contribution in [0.25, 0.3) is 0 Å². The van der Waals surface area contributed by atoms with Crippen LogP contribution in [0, 0.1) is 0 Å². The summed E-state index contributed by atoms with van der Waals surface area (Å²) in [5, 5.41) is 2.99. The quantitative estimate of drug-likeness (QED) is 0.852. The molecule has 1 saturated heterocycles. The number of amides is 1. The van der Waals surface area contributed by atoms with Crippen LogP contribution in [0.15, 0.2) is 59.5 Å². The molecule has 6 heteroatoms. The molecule has 2 heterocycles. The van der Waals surface area contributed by atoms with Gasteiger partial charge in [0.1, 0.15) is 0 Å². The van der Waals surface area contributed by atoms with Crippen LogP contribution in [0.1, 0.15) is 15.9 Å². The molecule has 0 saturated carbocycles. The molecule has 1 spiro atoms. The fourth-order valence-electron chi connectivity index (χ4n) is 3.34. The van der Waals surface area contributed by atoms with Gasteiger partial charge in [-0.2, -0.15) is 0 Å². The Kier molecular flexibility index (Phi) is 3.16. The van der Waals surface area contributed by atoms with Crippen LogP contribution in [-0.4, -0.2) is 33.4 Å². The van der Waals surface area contributed by atoms with E-state index < -0.39 is 15.9 Å². The van der Waals surface area contributed by atoms with E-state index in [4.69, 9.17) is 0 Å². The van der Waals surface area contributed by atoms with Crippen LogP contribution in [0.3, 0.4) is 0 Å². The Hall–Kier alpha value is -2.02. The smallest absolute Gasteiger partial charge is 0.252 e. The number of hydrogen-bond acceptors (Lipinski definition) is 3. The third-order valence-electron chi connectivity index (χ3n) is 4.51. The summed E-state index contributed by atoms with van der Waals surface area (Å²) in [7, 11) is -3.49.